The summed E-state index contributed by atoms with van der Waals surface area (Å²) in [5, 5.41) is 0. The Morgan fingerprint density at radius 2 is 1.91 bits per heavy atom. The van der Waals surface area contributed by atoms with Gasteiger partial charge >= 0.3 is 0 Å². The van der Waals surface area contributed by atoms with Crippen LogP contribution in [0.3, 0.4) is 0 Å². The Kier molecular flexibility index (Phi) is 2.90. The fourth-order valence-electron chi connectivity index (χ4n) is 1.44. The van der Waals surface area contributed by atoms with Crippen molar-refractivity contribution < 1.29 is 9.47 Å². The first-order valence-electron chi connectivity index (χ1n) is 4.58. The molecule has 0 radical (unpaired) electrons. The van der Waals surface area contributed by atoms with Gasteiger partial charge in [-0.3, -0.25) is 0 Å². The normalized spacial score (nSPS) is 29.2. The lowest BCUT2D eigenvalue weighted by Gasteiger charge is -2.24. The standard InChI is InChI=1S/C9H18O2/c1-4-8-7-10-9(5-2,6-3)11-8/h8H,4-7H2,1-3H3. The molecule has 1 rings (SSSR count). The van der Waals surface area contributed by atoms with Crippen molar-refractivity contribution in [1.29, 1.82) is 0 Å². The van der Waals surface area contributed by atoms with Crippen molar-refractivity contribution in [2.45, 2.75) is 51.9 Å². The van der Waals surface area contributed by atoms with Crippen molar-refractivity contribution in [2.24, 2.45) is 0 Å². The predicted octanol–water partition coefficient (Wildman–Crippen LogP) is 2.33. The number of ether oxygens (including phenoxy) is 2. The van der Waals surface area contributed by atoms with Gasteiger partial charge in [0.1, 0.15) is 0 Å². The molecule has 66 valence electrons. The zero-order valence-corrected chi connectivity index (χ0v) is 7.72. The molecule has 1 saturated heterocycles. The fraction of sp³-hybridized carbons (Fsp3) is 1.00. The number of rotatable bonds is 3. The summed E-state index contributed by atoms with van der Waals surface area (Å²) in [5.41, 5.74) is 0. The van der Waals surface area contributed by atoms with E-state index in [-0.39, 0.29) is 5.79 Å². The van der Waals surface area contributed by atoms with E-state index in [1.807, 2.05) is 0 Å². The quantitative estimate of drug-likeness (QED) is 0.627. The molecule has 0 bridgehead atoms. The molecule has 1 aliphatic rings. The fourth-order valence-corrected chi connectivity index (χ4v) is 1.44. The van der Waals surface area contributed by atoms with Crippen LogP contribution in [-0.2, 0) is 9.47 Å². The molecule has 1 heterocycles. The molecule has 0 aliphatic carbocycles. The van der Waals surface area contributed by atoms with Gasteiger partial charge in [-0.1, -0.05) is 20.8 Å². The first-order valence-corrected chi connectivity index (χ1v) is 4.58. The molecule has 0 aromatic rings. The molecular formula is C9H18O2. The van der Waals surface area contributed by atoms with Crippen LogP contribution >= 0.6 is 0 Å². The molecule has 1 atom stereocenters. The maximum atomic E-state index is 5.77. The van der Waals surface area contributed by atoms with Gasteiger partial charge in [0.25, 0.3) is 0 Å². The molecule has 1 fully saturated rings. The summed E-state index contributed by atoms with van der Waals surface area (Å²) in [6, 6.07) is 0. The average Bonchev–Trinajstić information content (AvgIpc) is 2.49. The zero-order chi connectivity index (χ0) is 8.32. The van der Waals surface area contributed by atoms with Gasteiger partial charge in [-0.15, -0.1) is 0 Å². The molecule has 0 saturated carbocycles. The molecular weight excluding hydrogens is 140 g/mol. The van der Waals surface area contributed by atoms with Crippen LogP contribution in [0.5, 0.6) is 0 Å². The van der Waals surface area contributed by atoms with Crippen LogP contribution in [0.1, 0.15) is 40.0 Å². The summed E-state index contributed by atoms with van der Waals surface area (Å²) in [5.74, 6) is -0.249. The molecule has 1 aliphatic heterocycles. The van der Waals surface area contributed by atoms with E-state index < -0.39 is 0 Å². The highest BCUT2D eigenvalue weighted by Crippen LogP contribution is 2.30. The second kappa shape index (κ2) is 3.55. The summed E-state index contributed by atoms with van der Waals surface area (Å²) >= 11 is 0. The number of hydrogen-bond donors (Lipinski definition) is 0. The Morgan fingerprint density at radius 1 is 1.27 bits per heavy atom. The van der Waals surface area contributed by atoms with Crippen LogP contribution in [0.4, 0.5) is 0 Å². The highest BCUT2D eigenvalue weighted by atomic mass is 16.7. The molecule has 0 spiro atoms. The molecule has 2 heteroatoms. The molecule has 0 aromatic carbocycles. The van der Waals surface area contributed by atoms with E-state index in [1.165, 1.54) is 0 Å². The van der Waals surface area contributed by atoms with E-state index >= 15 is 0 Å². The lowest BCUT2D eigenvalue weighted by Crippen LogP contribution is -2.28. The average molecular weight is 158 g/mol. The largest absolute Gasteiger partial charge is 0.347 e. The summed E-state index contributed by atoms with van der Waals surface area (Å²) in [6.07, 6.45) is 3.30. The first-order chi connectivity index (χ1) is 5.26. The Balaban J connectivity index is 2.48. The lowest BCUT2D eigenvalue weighted by molar-refractivity contribution is -0.171. The van der Waals surface area contributed by atoms with Crippen molar-refractivity contribution in [3.05, 3.63) is 0 Å². The van der Waals surface area contributed by atoms with Crippen molar-refractivity contribution in [2.75, 3.05) is 6.61 Å². The minimum Gasteiger partial charge on any atom is -0.347 e. The minimum absolute atomic E-state index is 0.249. The third-order valence-electron chi connectivity index (χ3n) is 2.45. The van der Waals surface area contributed by atoms with Gasteiger partial charge in [0.2, 0.25) is 0 Å². The van der Waals surface area contributed by atoms with E-state index in [4.69, 9.17) is 9.47 Å². The summed E-state index contributed by atoms with van der Waals surface area (Å²) in [4.78, 5) is 0. The van der Waals surface area contributed by atoms with E-state index in [0.717, 1.165) is 25.9 Å². The molecule has 1 unspecified atom stereocenters. The van der Waals surface area contributed by atoms with Crippen molar-refractivity contribution in [3.63, 3.8) is 0 Å². The predicted molar refractivity (Wildman–Crippen MR) is 44.4 cm³/mol. The minimum atomic E-state index is -0.249. The van der Waals surface area contributed by atoms with E-state index in [1.54, 1.807) is 0 Å². The van der Waals surface area contributed by atoms with Crippen LogP contribution in [0, 0.1) is 0 Å². The summed E-state index contributed by atoms with van der Waals surface area (Å²) in [6.45, 7) is 7.14. The lowest BCUT2D eigenvalue weighted by atomic mass is 10.1. The van der Waals surface area contributed by atoms with Gasteiger partial charge in [0.15, 0.2) is 5.79 Å². The SMILES string of the molecule is CCC1COC(CC)(CC)O1. The third-order valence-corrected chi connectivity index (χ3v) is 2.45. The van der Waals surface area contributed by atoms with E-state index in [0.29, 0.717) is 6.10 Å². The maximum absolute atomic E-state index is 5.77. The van der Waals surface area contributed by atoms with E-state index in [2.05, 4.69) is 20.8 Å². The molecule has 0 aromatic heterocycles. The van der Waals surface area contributed by atoms with Crippen LogP contribution in [0.15, 0.2) is 0 Å². The number of hydrogen-bond acceptors (Lipinski definition) is 2. The van der Waals surface area contributed by atoms with Crippen LogP contribution in [0.2, 0.25) is 0 Å². The third kappa shape index (κ3) is 1.74. The van der Waals surface area contributed by atoms with Gasteiger partial charge in [-0.2, -0.15) is 0 Å². The second-order valence-electron chi connectivity index (χ2n) is 3.08. The van der Waals surface area contributed by atoms with Gasteiger partial charge in [0.05, 0.1) is 12.7 Å². The van der Waals surface area contributed by atoms with Crippen molar-refractivity contribution >= 4 is 0 Å². The van der Waals surface area contributed by atoms with Crippen molar-refractivity contribution in [3.8, 4) is 0 Å². The monoisotopic (exact) mass is 158 g/mol. The van der Waals surface area contributed by atoms with Crippen LogP contribution in [-0.4, -0.2) is 18.5 Å². The molecule has 0 amide bonds. The van der Waals surface area contributed by atoms with Gasteiger partial charge in [-0.05, 0) is 19.3 Å². The van der Waals surface area contributed by atoms with Crippen LogP contribution < -0.4 is 0 Å². The Hall–Kier alpha value is -0.0800. The molecule has 0 N–H and O–H groups in total. The maximum Gasteiger partial charge on any atom is 0.168 e. The summed E-state index contributed by atoms with van der Waals surface area (Å²) < 4.78 is 11.4. The highest BCUT2D eigenvalue weighted by Gasteiger charge is 2.37. The van der Waals surface area contributed by atoms with Crippen LogP contribution in [0.25, 0.3) is 0 Å². The summed E-state index contributed by atoms with van der Waals surface area (Å²) in [7, 11) is 0. The van der Waals surface area contributed by atoms with E-state index in [9.17, 15) is 0 Å². The topological polar surface area (TPSA) is 18.5 Å². The Labute approximate surface area is 68.9 Å². The van der Waals surface area contributed by atoms with Gasteiger partial charge < -0.3 is 9.47 Å². The van der Waals surface area contributed by atoms with Crippen molar-refractivity contribution in [1.82, 2.24) is 0 Å². The van der Waals surface area contributed by atoms with Gasteiger partial charge in [-0.25, -0.2) is 0 Å². The Morgan fingerprint density at radius 3 is 2.18 bits per heavy atom. The zero-order valence-electron chi connectivity index (χ0n) is 7.72. The molecule has 2 nitrogen and oxygen atoms in total. The Bertz CT molecular complexity index is 119. The highest BCUT2D eigenvalue weighted by molar-refractivity contribution is 4.75. The molecule has 11 heavy (non-hydrogen) atoms. The van der Waals surface area contributed by atoms with Gasteiger partial charge in [0, 0.05) is 0 Å². The smallest absolute Gasteiger partial charge is 0.168 e. The first kappa shape index (κ1) is 9.01. The second-order valence-corrected chi connectivity index (χ2v) is 3.08.